The van der Waals surface area contributed by atoms with Gasteiger partial charge in [-0.1, -0.05) is 20.8 Å². The van der Waals surface area contributed by atoms with Crippen LogP contribution in [0.3, 0.4) is 0 Å². The zero-order valence-corrected chi connectivity index (χ0v) is 12.2. The molecule has 92 valence electrons. The molecule has 0 unspecified atom stereocenters. The summed E-state index contributed by atoms with van der Waals surface area (Å²) in [4.78, 5) is 5.81. The summed E-state index contributed by atoms with van der Waals surface area (Å²) in [5, 5.41) is 4.73. The van der Waals surface area contributed by atoms with Crippen molar-refractivity contribution in [2.45, 2.75) is 60.0 Å². The molecule has 0 atom stereocenters. The first kappa shape index (κ1) is 13.7. The highest BCUT2D eigenvalue weighted by Crippen LogP contribution is 2.24. The fourth-order valence-electron chi connectivity index (χ4n) is 1.32. The lowest BCUT2D eigenvalue weighted by molar-refractivity contribution is 0.410. The normalized spacial score (nSPS) is 13.1. The molecule has 0 aliphatic rings. The lowest BCUT2D eigenvalue weighted by Crippen LogP contribution is -2.34. The molecule has 16 heavy (non-hydrogen) atoms. The minimum Gasteiger partial charge on any atom is -0.307 e. The fourth-order valence-corrected chi connectivity index (χ4v) is 2.48. The summed E-state index contributed by atoms with van der Waals surface area (Å²) in [5.41, 5.74) is 0.501. The van der Waals surface area contributed by atoms with Crippen LogP contribution in [-0.2, 0) is 13.0 Å². The molecule has 0 saturated heterocycles. The predicted molar refractivity (Wildman–Crippen MR) is 71.9 cm³/mol. The molecule has 0 radical (unpaired) electrons. The predicted octanol–water partition coefficient (Wildman–Crippen LogP) is 3.62. The Hall–Kier alpha value is -0.410. The van der Waals surface area contributed by atoms with Gasteiger partial charge < -0.3 is 5.32 Å². The largest absolute Gasteiger partial charge is 0.307 e. The average molecular weight is 240 g/mol. The number of hydrogen-bond donors (Lipinski definition) is 1. The zero-order valence-electron chi connectivity index (χ0n) is 11.3. The smallest absolute Gasteiger partial charge is 0.0933 e. The van der Waals surface area contributed by atoms with Gasteiger partial charge in [-0.25, -0.2) is 4.98 Å². The maximum absolute atomic E-state index is 4.48. The third-order valence-corrected chi connectivity index (χ3v) is 3.07. The van der Waals surface area contributed by atoms with Crippen molar-refractivity contribution >= 4 is 11.3 Å². The van der Waals surface area contributed by atoms with Gasteiger partial charge in [0.2, 0.25) is 0 Å². The summed E-state index contributed by atoms with van der Waals surface area (Å²) >= 11 is 1.83. The van der Waals surface area contributed by atoms with E-state index in [-0.39, 0.29) is 5.54 Å². The molecular weight excluding hydrogens is 216 g/mol. The van der Waals surface area contributed by atoms with E-state index >= 15 is 0 Å². The first-order valence-corrected chi connectivity index (χ1v) is 6.66. The van der Waals surface area contributed by atoms with E-state index in [1.165, 1.54) is 9.88 Å². The molecule has 1 rings (SSSR count). The van der Waals surface area contributed by atoms with Crippen LogP contribution >= 0.6 is 11.3 Å². The van der Waals surface area contributed by atoms with Gasteiger partial charge in [0.05, 0.1) is 5.01 Å². The van der Waals surface area contributed by atoms with Gasteiger partial charge >= 0.3 is 0 Å². The monoisotopic (exact) mass is 240 g/mol. The van der Waals surface area contributed by atoms with Gasteiger partial charge in [-0.2, -0.15) is 0 Å². The van der Waals surface area contributed by atoms with Gasteiger partial charge in [0.25, 0.3) is 0 Å². The fraction of sp³-hybridized carbons (Fsp3) is 0.769. The minimum atomic E-state index is 0.175. The van der Waals surface area contributed by atoms with E-state index in [0.29, 0.717) is 5.41 Å². The maximum Gasteiger partial charge on any atom is 0.0933 e. The van der Waals surface area contributed by atoms with Crippen molar-refractivity contribution in [2.24, 2.45) is 5.41 Å². The summed E-state index contributed by atoms with van der Waals surface area (Å²) in [7, 11) is 0. The zero-order chi connectivity index (χ0) is 12.4. The van der Waals surface area contributed by atoms with Crippen molar-refractivity contribution in [1.29, 1.82) is 0 Å². The Labute approximate surface area is 103 Å². The standard InChI is InChI=1S/C13H24N2S/c1-12(2,3)7-11-14-8-10(16-11)9-15-13(4,5)6/h8,15H,7,9H2,1-6H3. The highest BCUT2D eigenvalue weighted by Gasteiger charge is 2.15. The van der Waals surface area contributed by atoms with E-state index in [2.05, 4.69) is 51.8 Å². The Balaban J connectivity index is 2.52. The van der Waals surface area contributed by atoms with Crippen molar-refractivity contribution in [1.82, 2.24) is 10.3 Å². The minimum absolute atomic E-state index is 0.175. The molecule has 1 aromatic rings. The summed E-state index contributed by atoms with van der Waals surface area (Å²) in [5.74, 6) is 0. The van der Waals surface area contributed by atoms with Crippen LogP contribution in [0.2, 0.25) is 0 Å². The molecule has 0 spiro atoms. The Kier molecular flexibility index (Phi) is 4.13. The number of nitrogens with one attached hydrogen (secondary N) is 1. The third-order valence-electron chi connectivity index (χ3n) is 2.08. The summed E-state index contributed by atoms with van der Waals surface area (Å²) < 4.78 is 0. The van der Waals surface area contributed by atoms with Crippen LogP contribution in [0, 0.1) is 5.41 Å². The third kappa shape index (κ3) is 5.61. The van der Waals surface area contributed by atoms with E-state index in [0.717, 1.165) is 13.0 Å². The van der Waals surface area contributed by atoms with E-state index < -0.39 is 0 Å². The number of aromatic nitrogens is 1. The van der Waals surface area contributed by atoms with Gasteiger partial charge in [-0.05, 0) is 26.2 Å². The van der Waals surface area contributed by atoms with Crippen molar-refractivity contribution in [3.63, 3.8) is 0 Å². The van der Waals surface area contributed by atoms with Crippen molar-refractivity contribution in [3.8, 4) is 0 Å². The van der Waals surface area contributed by atoms with E-state index in [4.69, 9.17) is 0 Å². The molecule has 1 heterocycles. The molecule has 1 N–H and O–H groups in total. The maximum atomic E-state index is 4.48. The lowest BCUT2D eigenvalue weighted by atomic mass is 9.93. The van der Waals surface area contributed by atoms with Crippen LogP contribution in [0.25, 0.3) is 0 Å². The quantitative estimate of drug-likeness (QED) is 0.873. The molecule has 3 heteroatoms. The van der Waals surface area contributed by atoms with Gasteiger partial charge in [-0.15, -0.1) is 11.3 Å². The molecule has 0 aliphatic carbocycles. The Morgan fingerprint density at radius 3 is 2.31 bits per heavy atom. The lowest BCUT2D eigenvalue weighted by Gasteiger charge is -2.19. The first-order valence-electron chi connectivity index (χ1n) is 5.84. The molecular formula is C13H24N2S. The summed E-state index contributed by atoms with van der Waals surface area (Å²) in [6.45, 7) is 14.2. The van der Waals surface area contributed by atoms with Crippen LogP contribution in [0.4, 0.5) is 0 Å². The van der Waals surface area contributed by atoms with Crippen LogP contribution in [0.5, 0.6) is 0 Å². The molecule has 0 bridgehead atoms. The summed E-state index contributed by atoms with van der Waals surface area (Å²) in [6.07, 6.45) is 3.07. The van der Waals surface area contributed by atoms with Gasteiger partial charge in [0.15, 0.2) is 0 Å². The molecule has 0 fully saturated rings. The second-order valence-corrected chi connectivity index (χ2v) is 7.76. The molecule has 1 aromatic heterocycles. The van der Waals surface area contributed by atoms with Gasteiger partial charge in [0.1, 0.15) is 0 Å². The van der Waals surface area contributed by atoms with Crippen LogP contribution in [0.1, 0.15) is 51.4 Å². The highest BCUT2D eigenvalue weighted by molar-refractivity contribution is 7.11. The van der Waals surface area contributed by atoms with E-state index in [9.17, 15) is 0 Å². The van der Waals surface area contributed by atoms with E-state index in [1.54, 1.807) is 0 Å². The molecule has 0 aromatic carbocycles. The highest BCUT2D eigenvalue weighted by atomic mass is 32.1. The Morgan fingerprint density at radius 1 is 1.19 bits per heavy atom. The number of thiazole rings is 1. The molecule has 0 amide bonds. The molecule has 2 nitrogen and oxygen atoms in total. The van der Waals surface area contributed by atoms with Crippen LogP contribution in [-0.4, -0.2) is 10.5 Å². The van der Waals surface area contributed by atoms with Crippen LogP contribution < -0.4 is 5.32 Å². The van der Waals surface area contributed by atoms with Crippen molar-refractivity contribution in [2.75, 3.05) is 0 Å². The van der Waals surface area contributed by atoms with Crippen LogP contribution in [0.15, 0.2) is 6.20 Å². The van der Waals surface area contributed by atoms with Crippen molar-refractivity contribution in [3.05, 3.63) is 16.1 Å². The van der Waals surface area contributed by atoms with Gasteiger partial charge in [0, 0.05) is 29.6 Å². The van der Waals surface area contributed by atoms with E-state index in [1.807, 2.05) is 17.5 Å². The summed E-state index contributed by atoms with van der Waals surface area (Å²) in [6, 6.07) is 0. The number of rotatable bonds is 3. The Morgan fingerprint density at radius 2 is 1.81 bits per heavy atom. The first-order chi connectivity index (χ1) is 7.16. The number of hydrogen-bond acceptors (Lipinski definition) is 3. The second kappa shape index (κ2) is 4.84. The SMILES string of the molecule is CC(C)(C)Cc1ncc(CNC(C)(C)C)s1. The molecule has 0 saturated carbocycles. The Bertz CT molecular complexity index is 328. The second-order valence-electron chi connectivity index (χ2n) is 6.56. The van der Waals surface area contributed by atoms with Crippen molar-refractivity contribution < 1.29 is 0 Å². The topological polar surface area (TPSA) is 24.9 Å². The van der Waals surface area contributed by atoms with Gasteiger partial charge in [-0.3, -0.25) is 0 Å². The number of nitrogens with zero attached hydrogens (tertiary/aromatic N) is 1. The average Bonchev–Trinajstić information content (AvgIpc) is 2.44. The molecule has 0 aliphatic heterocycles.